The highest BCUT2D eigenvalue weighted by atomic mass is 16.5. The lowest BCUT2D eigenvalue weighted by Crippen LogP contribution is -2.40. The van der Waals surface area contributed by atoms with Crippen LogP contribution in [0.5, 0.6) is 5.75 Å². The van der Waals surface area contributed by atoms with Crippen molar-refractivity contribution in [2.45, 2.75) is 19.8 Å². The molecule has 1 saturated heterocycles. The van der Waals surface area contributed by atoms with Crippen LogP contribution in [0.4, 0.5) is 5.69 Å². The molecule has 0 aromatic heterocycles. The number of hydrogen-bond donors (Lipinski definition) is 0. The molecule has 1 fully saturated rings. The Morgan fingerprint density at radius 1 is 1.10 bits per heavy atom. The number of nitrogens with zero attached hydrogens (tertiary/aromatic N) is 2. The molecule has 5 nitrogen and oxygen atoms in total. The fraction of sp³-hybridized carbons (Fsp3) is 0.333. The molecule has 0 bridgehead atoms. The summed E-state index contributed by atoms with van der Waals surface area (Å²) >= 11 is 0. The molecule has 1 atom stereocenters. The molecule has 0 spiro atoms. The van der Waals surface area contributed by atoms with Crippen molar-refractivity contribution < 1.29 is 14.3 Å². The molecule has 0 radical (unpaired) electrons. The number of hydrogen-bond acceptors (Lipinski definition) is 3. The van der Waals surface area contributed by atoms with Gasteiger partial charge in [0.15, 0.2) is 0 Å². The molecular weight excluding hydrogens is 364 g/mol. The third kappa shape index (κ3) is 4.04. The normalized spacial score (nSPS) is 19.3. The molecule has 2 aromatic rings. The highest BCUT2D eigenvalue weighted by molar-refractivity contribution is 6.01. The van der Waals surface area contributed by atoms with Crippen LogP contribution in [0.15, 0.2) is 60.7 Å². The molecule has 29 heavy (non-hydrogen) atoms. The van der Waals surface area contributed by atoms with E-state index < -0.39 is 0 Å². The van der Waals surface area contributed by atoms with E-state index in [0.717, 1.165) is 12.1 Å². The smallest absolute Gasteiger partial charge is 0.228 e. The SMILES string of the molecule is CCOc1ccccc1N1CC(C(=O)N2CC=C(c3ccccc3)CC2)CC1=O. The Hall–Kier alpha value is -3.08. The van der Waals surface area contributed by atoms with E-state index in [9.17, 15) is 9.59 Å². The number of ether oxygens (including phenoxy) is 1. The molecule has 4 rings (SSSR count). The molecule has 2 amide bonds. The summed E-state index contributed by atoms with van der Waals surface area (Å²) in [5.74, 6) is 0.430. The predicted octanol–water partition coefficient (Wildman–Crippen LogP) is 3.75. The van der Waals surface area contributed by atoms with Gasteiger partial charge in [0, 0.05) is 26.1 Å². The molecule has 2 aromatic carbocycles. The van der Waals surface area contributed by atoms with E-state index in [1.165, 1.54) is 11.1 Å². The van der Waals surface area contributed by atoms with E-state index in [0.29, 0.717) is 32.0 Å². The van der Waals surface area contributed by atoms with E-state index in [2.05, 4.69) is 18.2 Å². The van der Waals surface area contributed by atoms with Crippen molar-refractivity contribution in [3.8, 4) is 5.75 Å². The van der Waals surface area contributed by atoms with E-state index in [1.54, 1.807) is 4.90 Å². The summed E-state index contributed by atoms with van der Waals surface area (Å²) in [6.07, 6.45) is 3.23. The number of para-hydroxylation sites is 2. The number of amides is 2. The van der Waals surface area contributed by atoms with Crippen LogP contribution >= 0.6 is 0 Å². The average molecular weight is 390 g/mol. The zero-order valence-corrected chi connectivity index (χ0v) is 16.7. The second-order valence-electron chi connectivity index (χ2n) is 7.44. The van der Waals surface area contributed by atoms with Crippen molar-refractivity contribution in [1.82, 2.24) is 4.90 Å². The number of anilines is 1. The molecule has 0 saturated carbocycles. The maximum absolute atomic E-state index is 13.1. The van der Waals surface area contributed by atoms with E-state index in [4.69, 9.17) is 4.74 Å². The second kappa shape index (κ2) is 8.52. The lowest BCUT2D eigenvalue weighted by molar-refractivity contribution is -0.135. The summed E-state index contributed by atoms with van der Waals surface area (Å²) in [7, 11) is 0. The van der Waals surface area contributed by atoms with Crippen LogP contribution in [-0.2, 0) is 9.59 Å². The zero-order chi connectivity index (χ0) is 20.2. The Labute approximate surface area is 171 Å². The van der Waals surface area contributed by atoms with Gasteiger partial charge in [0.25, 0.3) is 0 Å². The van der Waals surface area contributed by atoms with Gasteiger partial charge in [-0.05, 0) is 36.6 Å². The molecule has 2 aliphatic heterocycles. The largest absolute Gasteiger partial charge is 0.492 e. The Morgan fingerprint density at radius 3 is 2.59 bits per heavy atom. The highest BCUT2D eigenvalue weighted by Gasteiger charge is 2.38. The Morgan fingerprint density at radius 2 is 1.86 bits per heavy atom. The van der Waals surface area contributed by atoms with Gasteiger partial charge in [0.05, 0.1) is 18.2 Å². The summed E-state index contributed by atoms with van der Waals surface area (Å²) in [4.78, 5) is 29.3. The lowest BCUT2D eigenvalue weighted by Gasteiger charge is -2.29. The molecule has 0 aliphatic carbocycles. The summed E-state index contributed by atoms with van der Waals surface area (Å²) in [5.41, 5.74) is 3.25. The maximum atomic E-state index is 13.1. The van der Waals surface area contributed by atoms with Crippen LogP contribution in [0.2, 0.25) is 0 Å². The van der Waals surface area contributed by atoms with Gasteiger partial charge in [-0.15, -0.1) is 0 Å². The Kier molecular flexibility index (Phi) is 5.65. The summed E-state index contributed by atoms with van der Waals surface area (Å²) in [6.45, 7) is 4.16. The fourth-order valence-electron chi connectivity index (χ4n) is 4.11. The van der Waals surface area contributed by atoms with E-state index in [-0.39, 0.29) is 24.2 Å². The van der Waals surface area contributed by atoms with Crippen molar-refractivity contribution in [3.63, 3.8) is 0 Å². The number of carbonyl (C=O) groups excluding carboxylic acids is 2. The summed E-state index contributed by atoms with van der Waals surface area (Å²) < 4.78 is 5.67. The molecule has 0 N–H and O–H groups in total. The predicted molar refractivity (Wildman–Crippen MR) is 114 cm³/mol. The van der Waals surface area contributed by atoms with Crippen molar-refractivity contribution in [2.24, 2.45) is 5.92 Å². The molecule has 2 heterocycles. The number of benzene rings is 2. The van der Waals surface area contributed by atoms with Crippen molar-refractivity contribution >= 4 is 23.1 Å². The molecule has 1 unspecified atom stereocenters. The molecular formula is C24H26N2O3. The Balaban J connectivity index is 1.43. The van der Waals surface area contributed by atoms with E-state index in [1.807, 2.05) is 54.3 Å². The van der Waals surface area contributed by atoms with Gasteiger partial charge in [-0.3, -0.25) is 9.59 Å². The first kappa shape index (κ1) is 19.2. The van der Waals surface area contributed by atoms with Crippen LogP contribution in [0.3, 0.4) is 0 Å². The second-order valence-corrected chi connectivity index (χ2v) is 7.44. The van der Waals surface area contributed by atoms with Gasteiger partial charge in [0.2, 0.25) is 11.8 Å². The first-order valence-corrected chi connectivity index (χ1v) is 10.2. The summed E-state index contributed by atoms with van der Waals surface area (Å²) in [5, 5.41) is 0. The van der Waals surface area contributed by atoms with Crippen LogP contribution in [0, 0.1) is 5.92 Å². The molecule has 2 aliphatic rings. The third-order valence-corrected chi connectivity index (χ3v) is 5.60. The van der Waals surface area contributed by atoms with Gasteiger partial charge >= 0.3 is 0 Å². The Bertz CT molecular complexity index is 923. The van der Waals surface area contributed by atoms with Crippen LogP contribution in [-0.4, -0.2) is 43.0 Å². The third-order valence-electron chi connectivity index (χ3n) is 5.60. The summed E-state index contributed by atoms with van der Waals surface area (Å²) in [6, 6.07) is 17.8. The lowest BCUT2D eigenvalue weighted by atomic mass is 9.98. The minimum absolute atomic E-state index is 0.0203. The standard InChI is InChI=1S/C24H26N2O3/c1-2-29-22-11-7-6-10-21(22)26-17-20(16-23(26)27)24(28)25-14-12-19(13-15-25)18-8-4-3-5-9-18/h3-12,20H,2,13-17H2,1H3. The van der Waals surface area contributed by atoms with Gasteiger partial charge in [0.1, 0.15) is 5.75 Å². The fourth-order valence-corrected chi connectivity index (χ4v) is 4.11. The van der Waals surface area contributed by atoms with Gasteiger partial charge in [-0.25, -0.2) is 0 Å². The van der Waals surface area contributed by atoms with Gasteiger partial charge in [-0.1, -0.05) is 48.5 Å². The number of carbonyl (C=O) groups is 2. The van der Waals surface area contributed by atoms with Crippen LogP contribution in [0.25, 0.3) is 5.57 Å². The minimum atomic E-state index is -0.302. The maximum Gasteiger partial charge on any atom is 0.228 e. The average Bonchev–Trinajstić information content (AvgIpc) is 3.16. The van der Waals surface area contributed by atoms with Gasteiger partial charge < -0.3 is 14.5 Å². The quantitative estimate of drug-likeness (QED) is 0.781. The zero-order valence-electron chi connectivity index (χ0n) is 16.7. The minimum Gasteiger partial charge on any atom is -0.492 e. The van der Waals surface area contributed by atoms with Crippen molar-refractivity contribution in [1.29, 1.82) is 0 Å². The topological polar surface area (TPSA) is 49.9 Å². The van der Waals surface area contributed by atoms with E-state index >= 15 is 0 Å². The van der Waals surface area contributed by atoms with Crippen molar-refractivity contribution in [3.05, 3.63) is 66.2 Å². The van der Waals surface area contributed by atoms with Crippen molar-refractivity contribution in [2.75, 3.05) is 31.1 Å². The van der Waals surface area contributed by atoms with Gasteiger partial charge in [-0.2, -0.15) is 0 Å². The first-order chi connectivity index (χ1) is 14.2. The highest BCUT2D eigenvalue weighted by Crippen LogP contribution is 2.34. The van der Waals surface area contributed by atoms with Crippen LogP contribution < -0.4 is 9.64 Å². The first-order valence-electron chi connectivity index (χ1n) is 10.2. The molecule has 5 heteroatoms. The monoisotopic (exact) mass is 390 g/mol. The number of rotatable bonds is 5. The molecule has 150 valence electrons. The van der Waals surface area contributed by atoms with Crippen LogP contribution in [0.1, 0.15) is 25.3 Å².